The maximum absolute atomic E-state index is 12.8. The fraction of sp³-hybridized carbons (Fsp3) is 0.429. The van der Waals surface area contributed by atoms with Gasteiger partial charge in [0.05, 0.1) is 25.1 Å². The number of hydrogen-bond acceptors (Lipinski definition) is 6. The Hall–Kier alpha value is -2.06. The van der Waals surface area contributed by atoms with Crippen LogP contribution in [-0.4, -0.2) is 52.6 Å². The van der Waals surface area contributed by atoms with Crippen LogP contribution < -0.4 is 5.56 Å². The van der Waals surface area contributed by atoms with Crippen molar-refractivity contribution < 1.29 is 4.74 Å². The third kappa shape index (κ3) is 3.63. The quantitative estimate of drug-likeness (QED) is 0.734. The minimum absolute atomic E-state index is 0.0160. The molecule has 7 heteroatoms. The molecule has 1 saturated heterocycles. The summed E-state index contributed by atoms with van der Waals surface area (Å²) in [7, 11) is 0. The Bertz CT molecular complexity index is 1020. The molecule has 6 nitrogen and oxygen atoms in total. The van der Waals surface area contributed by atoms with Gasteiger partial charge in [-0.1, -0.05) is 30.3 Å². The van der Waals surface area contributed by atoms with Crippen LogP contribution in [0.15, 0.2) is 35.1 Å². The molecule has 0 amide bonds. The smallest absolute Gasteiger partial charge is 0.259 e. The van der Waals surface area contributed by atoms with E-state index in [4.69, 9.17) is 9.72 Å². The van der Waals surface area contributed by atoms with Crippen molar-refractivity contribution in [1.82, 2.24) is 19.8 Å². The van der Waals surface area contributed by atoms with Crippen LogP contribution in [0.3, 0.4) is 0 Å². The summed E-state index contributed by atoms with van der Waals surface area (Å²) in [4.78, 5) is 27.5. The average Bonchev–Trinajstić information content (AvgIpc) is 3.07. The van der Waals surface area contributed by atoms with Gasteiger partial charge < -0.3 is 9.72 Å². The molecule has 0 bridgehead atoms. The highest BCUT2D eigenvalue weighted by atomic mass is 32.1. The van der Waals surface area contributed by atoms with Crippen molar-refractivity contribution in [2.24, 2.45) is 0 Å². The number of benzene rings is 1. The zero-order valence-electron chi connectivity index (χ0n) is 15.8. The summed E-state index contributed by atoms with van der Waals surface area (Å²) in [5, 5.41) is 0.810. The second-order valence-corrected chi connectivity index (χ2v) is 8.61. The van der Waals surface area contributed by atoms with Crippen molar-refractivity contribution in [3.8, 4) is 0 Å². The first-order valence-corrected chi connectivity index (χ1v) is 10.7. The zero-order valence-corrected chi connectivity index (χ0v) is 16.6. The number of thiophene rings is 1. The highest BCUT2D eigenvalue weighted by Crippen LogP contribution is 2.32. The normalized spacial score (nSPS) is 18.4. The van der Waals surface area contributed by atoms with E-state index in [2.05, 4.69) is 45.1 Å². The lowest BCUT2D eigenvalue weighted by Crippen LogP contribution is -2.36. The van der Waals surface area contributed by atoms with E-state index in [1.165, 1.54) is 16.0 Å². The Morgan fingerprint density at radius 2 is 1.89 bits per heavy atom. The molecule has 1 N–H and O–H groups in total. The molecular formula is C21H24N4O2S. The molecule has 3 aromatic rings. The Morgan fingerprint density at radius 3 is 2.71 bits per heavy atom. The number of H-pyrrole nitrogens is 1. The predicted molar refractivity (Wildman–Crippen MR) is 111 cm³/mol. The van der Waals surface area contributed by atoms with Crippen molar-refractivity contribution in [2.75, 3.05) is 32.8 Å². The first-order valence-electron chi connectivity index (χ1n) is 9.86. The van der Waals surface area contributed by atoms with Crippen LogP contribution in [0.4, 0.5) is 0 Å². The van der Waals surface area contributed by atoms with Gasteiger partial charge in [0.15, 0.2) is 0 Å². The first-order chi connectivity index (χ1) is 13.8. The highest BCUT2D eigenvalue weighted by molar-refractivity contribution is 7.18. The van der Waals surface area contributed by atoms with Crippen molar-refractivity contribution in [3.63, 3.8) is 0 Å². The van der Waals surface area contributed by atoms with Crippen LogP contribution in [0.25, 0.3) is 10.2 Å². The van der Waals surface area contributed by atoms with Gasteiger partial charge >= 0.3 is 0 Å². The van der Waals surface area contributed by atoms with Crippen LogP contribution in [0.1, 0.15) is 21.8 Å². The molecule has 2 aromatic heterocycles. The molecular weight excluding hydrogens is 372 g/mol. The maximum atomic E-state index is 12.8. The Kier molecular flexibility index (Phi) is 4.98. The molecule has 0 saturated carbocycles. The summed E-state index contributed by atoms with van der Waals surface area (Å²) >= 11 is 1.69. The lowest BCUT2D eigenvalue weighted by molar-refractivity contribution is 0.0331. The molecule has 0 unspecified atom stereocenters. The average molecular weight is 397 g/mol. The molecule has 1 fully saturated rings. The molecule has 5 rings (SSSR count). The van der Waals surface area contributed by atoms with Crippen LogP contribution in [0, 0.1) is 0 Å². The number of hydrogen-bond donors (Lipinski definition) is 1. The van der Waals surface area contributed by atoms with E-state index in [-0.39, 0.29) is 5.56 Å². The third-order valence-corrected chi connectivity index (χ3v) is 6.68. The fourth-order valence-electron chi connectivity index (χ4n) is 4.12. The van der Waals surface area contributed by atoms with Gasteiger partial charge in [0.1, 0.15) is 10.7 Å². The van der Waals surface area contributed by atoms with E-state index in [1.54, 1.807) is 11.3 Å². The zero-order chi connectivity index (χ0) is 18.9. The molecule has 0 aliphatic carbocycles. The standard InChI is InChI=1S/C21H24N4O2S/c26-20-19-16-6-7-25(12-15-4-2-1-3-5-15)13-17(16)28-21(19)23-18(22-20)14-24-8-10-27-11-9-24/h1-5H,6-14H2,(H,22,23,26). The molecule has 0 spiro atoms. The molecule has 0 radical (unpaired) electrons. The van der Waals surface area contributed by atoms with Crippen molar-refractivity contribution in [3.05, 3.63) is 62.5 Å². The number of aromatic amines is 1. The fourth-order valence-corrected chi connectivity index (χ4v) is 5.40. The topological polar surface area (TPSA) is 61.5 Å². The number of fused-ring (bicyclic) bond motifs is 3. The maximum Gasteiger partial charge on any atom is 0.259 e. The van der Waals surface area contributed by atoms with Gasteiger partial charge in [-0.05, 0) is 17.5 Å². The van der Waals surface area contributed by atoms with Crippen molar-refractivity contribution >= 4 is 21.6 Å². The van der Waals surface area contributed by atoms with Crippen molar-refractivity contribution in [1.29, 1.82) is 0 Å². The summed E-state index contributed by atoms with van der Waals surface area (Å²) in [6.45, 7) is 6.76. The summed E-state index contributed by atoms with van der Waals surface area (Å²) < 4.78 is 5.40. The van der Waals surface area contributed by atoms with Gasteiger partial charge in [0.25, 0.3) is 5.56 Å². The molecule has 28 heavy (non-hydrogen) atoms. The van der Waals surface area contributed by atoms with E-state index in [0.29, 0.717) is 6.54 Å². The van der Waals surface area contributed by atoms with Crippen LogP contribution in [0.5, 0.6) is 0 Å². The van der Waals surface area contributed by atoms with Gasteiger partial charge in [-0.25, -0.2) is 4.98 Å². The van der Waals surface area contributed by atoms with Crippen LogP contribution >= 0.6 is 11.3 Å². The monoisotopic (exact) mass is 396 g/mol. The van der Waals surface area contributed by atoms with Gasteiger partial charge in [0.2, 0.25) is 0 Å². The number of nitrogens with zero attached hydrogens (tertiary/aromatic N) is 3. The minimum atomic E-state index is 0.0160. The first kappa shape index (κ1) is 18.0. The Balaban J connectivity index is 1.39. The van der Waals surface area contributed by atoms with Gasteiger partial charge in [-0.15, -0.1) is 11.3 Å². The molecule has 2 aliphatic rings. The number of aromatic nitrogens is 2. The summed E-state index contributed by atoms with van der Waals surface area (Å²) in [5.41, 5.74) is 2.55. The Morgan fingerprint density at radius 1 is 1.07 bits per heavy atom. The third-order valence-electron chi connectivity index (χ3n) is 5.56. The number of ether oxygens (including phenoxy) is 1. The van der Waals surface area contributed by atoms with E-state index < -0.39 is 0 Å². The second kappa shape index (κ2) is 7.75. The van der Waals surface area contributed by atoms with E-state index in [9.17, 15) is 4.79 Å². The van der Waals surface area contributed by atoms with Crippen molar-refractivity contribution in [2.45, 2.75) is 26.1 Å². The van der Waals surface area contributed by atoms with Crippen LogP contribution in [-0.2, 0) is 30.8 Å². The largest absolute Gasteiger partial charge is 0.379 e. The van der Waals surface area contributed by atoms with Gasteiger partial charge in [-0.2, -0.15) is 0 Å². The number of rotatable bonds is 4. The molecule has 4 heterocycles. The number of morpholine rings is 1. The lowest BCUT2D eigenvalue weighted by atomic mass is 10.0. The SMILES string of the molecule is O=c1[nH]c(CN2CCOCC2)nc2sc3c(c12)CCN(Cc1ccccc1)C3. The van der Waals surface area contributed by atoms with Gasteiger partial charge in [-0.3, -0.25) is 14.6 Å². The Labute approximate surface area is 167 Å². The molecule has 1 aromatic carbocycles. The second-order valence-electron chi connectivity index (χ2n) is 7.53. The van der Waals surface area contributed by atoms with Crippen LogP contribution in [0.2, 0.25) is 0 Å². The summed E-state index contributed by atoms with van der Waals surface area (Å²) in [6.07, 6.45) is 0.912. The number of nitrogens with one attached hydrogen (secondary N) is 1. The summed E-state index contributed by atoms with van der Waals surface area (Å²) in [6, 6.07) is 10.6. The minimum Gasteiger partial charge on any atom is -0.379 e. The predicted octanol–water partition coefficient (Wildman–Crippen LogP) is 2.38. The van der Waals surface area contributed by atoms with E-state index in [0.717, 1.165) is 68.4 Å². The molecule has 0 atom stereocenters. The lowest BCUT2D eigenvalue weighted by Gasteiger charge is -2.26. The molecule has 2 aliphatic heterocycles. The molecule has 146 valence electrons. The van der Waals surface area contributed by atoms with E-state index in [1.807, 2.05) is 0 Å². The summed E-state index contributed by atoms with van der Waals surface area (Å²) in [5.74, 6) is 0.763. The van der Waals surface area contributed by atoms with E-state index >= 15 is 0 Å². The highest BCUT2D eigenvalue weighted by Gasteiger charge is 2.24. The van der Waals surface area contributed by atoms with Gasteiger partial charge in [0, 0.05) is 37.6 Å².